The Morgan fingerprint density at radius 1 is 0.963 bits per heavy atom. The van der Waals surface area contributed by atoms with Crippen molar-refractivity contribution in [1.82, 2.24) is 4.31 Å². The second-order valence-electron chi connectivity index (χ2n) is 6.64. The van der Waals surface area contributed by atoms with Crippen LogP contribution in [0.4, 0.5) is 0 Å². The Hall–Kier alpha value is -2.09. The molecule has 0 saturated heterocycles. The zero-order chi connectivity index (χ0) is 19.9. The zero-order valence-corrected chi connectivity index (χ0v) is 16.7. The summed E-state index contributed by atoms with van der Waals surface area (Å²) in [5.74, 6) is 1.30. The van der Waals surface area contributed by atoms with Gasteiger partial charge in [0.2, 0.25) is 10.0 Å². The number of rotatable bonds is 10. The van der Waals surface area contributed by atoms with Crippen molar-refractivity contribution in [3.05, 3.63) is 60.2 Å². The number of ether oxygens (including phenoxy) is 2. The van der Waals surface area contributed by atoms with Crippen molar-refractivity contribution in [3.8, 4) is 11.5 Å². The number of aliphatic hydroxyl groups is 1. The van der Waals surface area contributed by atoms with Crippen molar-refractivity contribution in [3.63, 3.8) is 0 Å². The Bertz CT molecular complexity index is 791. The van der Waals surface area contributed by atoms with Gasteiger partial charge in [-0.05, 0) is 43.7 Å². The monoisotopic (exact) mass is 393 g/mol. The number of nitrogens with zero attached hydrogens (tertiary/aromatic N) is 1. The minimum absolute atomic E-state index is 0.00294. The lowest BCUT2D eigenvalue weighted by molar-refractivity contribution is 0.0841. The molecule has 0 saturated carbocycles. The SMILES string of the molecule is CC(C)N(C[C@H](O)COc1ccc(OCc2ccccc2)cc1)S(C)(=O)=O. The Labute approximate surface area is 161 Å². The third-order valence-corrected chi connectivity index (χ3v) is 5.33. The summed E-state index contributed by atoms with van der Waals surface area (Å²) < 4.78 is 36.0. The van der Waals surface area contributed by atoms with Gasteiger partial charge in [0, 0.05) is 12.6 Å². The van der Waals surface area contributed by atoms with Crippen molar-refractivity contribution in [2.45, 2.75) is 32.6 Å². The quantitative estimate of drug-likeness (QED) is 0.672. The van der Waals surface area contributed by atoms with Crippen LogP contribution in [-0.4, -0.2) is 49.4 Å². The van der Waals surface area contributed by atoms with Crippen molar-refractivity contribution in [2.75, 3.05) is 19.4 Å². The summed E-state index contributed by atoms with van der Waals surface area (Å²) in [5.41, 5.74) is 1.08. The lowest BCUT2D eigenvalue weighted by atomic mass is 10.2. The molecule has 0 fully saturated rings. The predicted molar refractivity (Wildman–Crippen MR) is 105 cm³/mol. The van der Waals surface area contributed by atoms with Gasteiger partial charge in [-0.15, -0.1) is 0 Å². The molecule has 2 rings (SSSR count). The normalized spacial score (nSPS) is 13.0. The van der Waals surface area contributed by atoms with Gasteiger partial charge < -0.3 is 14.6 Å². The summed E-state index contributed by atoms with van der Waals surface area (Å²) in [4.78, 5) is 0. The molecule has 1 N–H and O–H groups in total. The molecule has 0 aromatic heterocycles. The minimum atomic E-state index is -3.38. The van der Waals surface area contributed by atoms with Gasteiger partial charge in [-0.25, -0.2) is 8.42 Å². The van der Waals surface area contributed by atoms with Gasteiger partial charge in [0.1, 0.15) is 30.8 Å². The van der Waals surface area contributed by atoms with Gasteiger partial charge in [0.25, 0.3) is 0 Å². The summed E-state index contributed by atoms with van der Waals surface area (Å²) in [5, 5.41) is 10.1. The molecule has 1 atom stereocenters. The number of benzene rings is 2. The third-order valence-electron chi connectivity index (χ3n) is 3.91. The number of hydrogen-bond acceptors (Lipinski definition) is 5. The lowest BCUT2D eigenvalue weighted by Crippen LogP contribution is -2.43. The standard InChI is InChI=1S/C20H27NO5S/c1-16(2)21(27(3,23)24)13-18(22)15-26-20-11-9-19(10-12-20)25-14-17-7-5-4-6-8-17/h4-12,16,18,22H,13-15H2,1-3H3/t18-/m0/s1. The maximum absolute atomic E-state index is 11.7. The topological polar surface area (TPSA) is 76.1 Å². The molecule has 0 amide bonds. The number of sulfonamides is 1. The van der Waals surface area contributed by atoms with Crippen LogP contribution in [0.3, 0.4) is 0 Å². The predicted octanol–water partition coefficient (Wildman–Crippen LogP) is 2.68. The molecule has 27 heavy (non-hydrogen) atoms. The summed E-state index contributed by atoms with van der Waals surface area (Å²) in [6.07, 6.45) is 0.213. The highest BCUT2D eigenvalue weighted by molar-refractivity contribution is 7.88. The van der Waals surface area contributed by atoms with Crippen LogP contribution in [0.25, 0.3) is 0 Å². The first-order valence-electron chi connectivity index (χ1n) is 8.80. The van der Waals surface area contributed by atoms with E-state index < -0.39 is 16.1 Å². The summed E-state index contributed by atoms with van der Waals surface area (Å²) in [7, 11) is -3.38. The van der Waals surface area contributed by atoms with E-state index in [4.69, 9.17) is 9.47 Å². The van der Waals surface area contributed by atoms with Crippen LogP contribution in [0.5, 0.6) is 11.5 Å². The molecule has 2 aromatic carbocycles. The van der Waals surface area contributed by atoms with Crippen molar-refractivity contribution < 1.29 is 23.0 Å². The molecule has 7 heteroatoms. The minimum Gasteiger partial charge on any atom is -0.491 e. The van der Waals surface area contributed by atoms with Gasteiger partial charge in [0.15, 0.2) is 0 Å². The molecule has 0 heterocycles. The molecule has 148 valence electrons. The van der Waals surface area contributed by atoms with Crippen LogP contribution in [-0.2, 0) is 16.6 Å². The summed E-state index contributed by atoms with van der Waals surface area (Å²) in [6.45, 7) is 4.01. The van der Waals surface area contributed by atoms with Crippen LogP contribution < -0.4 is 9.47 Å². The molecule has 6 nitrogen and oxygen atoms in total. The highest BCUT2D eigenvalue weighted by atomic mass is 32.2. The Morgan fingerprint density at radius 2 is 1.52 bits per heavy atom. The first kappa shape index (κ1) is 21.2. The molecule has 0 bridgehead atoms. The first-order valence-corrected chi connectivity index (χ1v) is 10.6. The molecule has 0 unspecified atom stereocenters. The average molecular weight is 394 g/mol. The van der Waals surface area contributed by atoms with Crippen LogP contribution in [0, 0.1) is 0 Å². The maximum atomic E-state index is 11.7. The molecule has 0 spiro atoms. The van der Waals surface area contributed by atoms with Crippen molar-refractivity contribution in [1.29, 1.82) is 0 Å². The zero-order valence-electron chi connectivity index (χ0n) is 15.9. The van der Waals surface area contributed by atoms with E-state index in [0.717, 1.165) is 17.6 Å². The van der Waals surface area contributed by atoms with Gasteiger partial charge in [-0.3, -0.25) is 0 Å². The van der Waals surface area contributed by atoms with Gasteiger partial charge in [0.05, 0.1) is 6.26 Å². The van der Waals surface area contributed by atoms with E-state index in [-0.39, 0.29) is 19.2 Å². The van der Waals surface area contributed by atoms with E-state index in [2.05, 4.69) is 0 Å². The molecule has 2 aromatic rings. The molecule has 0 aliphatic heterocycles. The van der Waals surface area contributed by atoms with E-state index in [1.165, 1.54) is 4.31 Å². The second-order valence-corrected chi connectivity index (χ2v) is 8.57. The number of hydrogen-bond donors (Lipinski definition) is 1. The van der Waals surface area contributed by atoms with Crippen LogP contribution >= 0.6 is 0 Å². The Morgan fingerprint density at radius 3 is 2.04 bits per heavy atom. The van der Waals surface area contributed by atoms with Crippen LogP contribution in [0.15, 0.2) is 54.6 Å². The maximum Gasteiger partial charge on any atom is 0.211 e. The van der Waals surface area contributed by atoms with Gasteiger partial charge in [-0.2, -0.15) is 4.31 Å². The van der Waals surface area contributed by atoms with Crippen LogP contribution in [0.1, 0.15) is 19.4 Å². The second kappa shape index (κ2) is 9.73. The van der Waals surface area contributed by atoms with Crippen molar-refractivity contribution in [2.24, 2.45) is 0 Å². The largest absolute Gasteiger partial charge is 0.491 e. The smallest absolute Gasteiger partial charge is 0.211 e. The third kappa shape index (κ3) is 7.21. The highest BCUT2D eigenvalue weighted by Crippen LogP contribution is 2.19. The Kier molecular flexibility index (Phi) is 7.65. The van der Waals surface area contributed by atoms with E-state index in [9.17, 15) is 13.5 Å². The van der Waals surface area contributed by atoms with E-state index in [0.29, 0.717) is 12.4 Å². The fourth-order valence-corrected chi connectivity index (χ4v) is 3.76. The molecule has 0 aliphatic rings. The van der Waals surface area contributed by atoms with Gasteiger partial charge >= 0.3 is 0 Å². The number of aliphatic hydroxyl groups excluding tert-OH is 1. The lowest BCUT2D eigenvalue weighted by Gasteiger charge is -2.26. The summed E-state index contributed by atoms with van der Waals surface area (Å²) >= 11 is 0. The fraction of sp³-hybridized carbons (Fsp3) is 0.400. The molecular formula is C20H27NO5S. The van der Waals surface area contributed by atoms with E-state index in [1.807, 2.05) is 30.3 Å². The molecule has 0 aliphatic carbocycles. The van der Waals surface area contributed by atoms with E-state index in [1.54, 1.807) is 38.1 Å². The van der Waals surface area contributed by atoms with Crippen molar-refractivity contribution >= 4 is 10.0 Å². The molecule has 0 radical (unpaired) electrons. The Balaban J connectivity index is 1.82. The molecular weight excluding hydrogens is 366 g/mol. The first-order chi connectivity index (χ1) is 12.8. The average Bonchev–Trinajstić information content (AvgIpc) is 2.63. The van der Waals surface area contributed by atoms with E-state index >= 15 is 0 Å². The highest BCUT2D eigenvalue weighted by Gasteiger charge is 2.23. The van der Waals surface area contributed by atoms with Crippen LogP contribution in [0.2, 0.25) is 0 Å². The summed E-state index contributed by atoms with van der Waals surface area (Å²) in [6, 6.07) is 16.7. The van der Waals surface area contributed by atoms with Gasteiger partial charge in [-0.1, -0.05) is 30.3 Å². The fourth-order valence-electron chi connectivity index (χ4n) is 2.55.